The molecule has 2 rings (SSSR count). The summed E-state index contributed by atoms with van der Waals surface area (Å²) in [5.41, 5.74) is 2.95. The largest absolute Gasteiger partial charge is 0.310 e. The summed E-state index contributed by atoms with van der Waals surface area (Å²) in [6.07, 6.45) is 2.59. The van der Waals surface area contributed by atoms with Gasteiger partial charge in [-0.15, -0.1) is 0 Å². The van der Waals surface area contributed by atoms with Gasteiger partial charge in [-0.25, -0.2) is 0 Å². The van der Waals surface area contributed by atoms with Gasteiger partial charge in [-0.2, -0.15) is 0 Å². The van der Waals surface area contributed by atoms with E-state index in [1.165, 1.54) is 30.5 Å². The van der Waals surface area contributed by atoms with Crippen molar-refractivity contribution < 1.29 is 0 Å². The third-order valence-corrected chi connectivity index (χ3v) is 2.98. The molecule has 1 aromatic rings. The molecule has 2 nitrogen and oxygen atoms in total. The molecule has 1 saturated heterocycles. The number of benzene rings is 1. The molecule has 0 aliphatic carbocycles. The zero-order valence-electron chi connectivity index (χ0n) is 9.66. The Morgan fingerprint density at radius 2 is 2.13 bits per heavy atom. The first-order valence-corrected chi connectivity index (χ1v) is 5.73. The number of hydrogen-bond donors (Lipinski definition) is 1. The molecular formula is C13H20N2. The Labute approximate surface area is 92.3 Å². The Hall–Kier alpha value is -0.860. The van der Waals surface area contributed by atoms with Crippen LogP contribution in [0.25, 0.3) is 0 Å². The number of nitrogens with zero attached hydrogens (tertiary/aromatic N) is 1. The molecule has 1 aromatic carbocycles. The normalized spacial score (nSPS) is 21.1. The fourth-order valence-electron chi connectivity index (χ4n) is 2.31. The van der Waals surface area contributed by atoms with E-state index in [2.05, 4.69) is 48.6 Å². The Morgan fingerprint density at radius 3 is 2.80 bits per heavy atom. The van der Waals surface area contributed by atoms with Gasteiger partial charge in [0.25, 0.3) is 0 Å². The van der Waals surface area contributed by atoms with Crippen LogP contribution >= 0.6 is 0 Å². The van der Waals surface area contributed by atoms with Gasteiger partial charge in [0.15, 0.2) is 0 Å². The lowest BCUT2D eigenvalue weighted by atomic mass is 9.99. The standard InChI is InChI=1S/C13H20N2/c1-15(2)10-11-6-3-4-7-12(11)13-8-5-9-14-13/h3-4,6-7,13-14H,5,8-10H2,1-2H3/t13-/m0/s1. The van der Waals surface area contributed by atoms with Gasteiger partial charge in [0.2, 0.25) is 0 Å². The lowest BCUT2D eigenvalue weighted by molar-refractivity contribution is 0.399. The molecule has 1 atom stereocenters. The van der Waals surface area contributed by atoms with E-state index in [1.54, 1.807) is 0 Å². The van der Waals surface area contributed by atoms with Crippen molar-refractivity contribution in [2.24, 2.45) is 0 Å². The molecule has 0 saturated carbocycles. The van der Waals surface area contributed by atoms with Crippen LogP contribution in [0.4, 0.5) is 0 Å². The van der Waals surface area contributed by atoms with Crippen molar-refractivity contribution in [3.63, 3.8) is 0 Å². The minimum absolute atomic E-state index is 0.584. The first kappa shape index (κ1) is 10.7. The fourth-order valence-corrected chi connectivity index (χ4v) is 2.31. The lowest BCUT2D eigenvalue weighted by Crippen LogP contribution is -2.18. The van der Waals surface area contributed by atoms with Crippen molar-refractivity contribution in [2.45, 2.75) is 25.4 Å². The minimum atomic E-state index is 0.584. The molecular weight excluding hydrogens is 184 g/mol. The quantitative estimate of drug-likeness (QED) is 0.811. The van der Waals surface area contributed by atoms with Crippen molar-refractivity contribution in [3.8, 4) is 0 Å². The molecule has 1 heterocycles. The second kappa shape index (κ2) is 4.77. The third-order valence-electron chi connectivity index (χ3n) is 2.98. The van der Waals surface area contributed by atoms with Gasteiger partial charge >= 0.3 is 0 Å². The number of hydrogen-bond acceptors (Lipinski definition) is 2. The monoisotopic (exact) mass is 204 g/mol. The molecule has 0 bridgehead atoms. The SMILES string of the molecule is CN(C)Cc1ccccc1[C@@H]1CCCN1. The maximum Gasteiger partial charge on any atom is 0.0323 e. The summed E-state index contributed by atoms with van der Waals surface area (Å²) in [4.78, 5) is 2.23. The average Bonchev–Trinajstić information content (AvgIpc) is 2.70. The van der Waals surface area contributed by atoms with Crippen molar-refractivity contribution in [1.82, 2.24) is 10.2 Å². The van der Waals surface area contributed by atoms with Gasteiger partial charge in [0.1, 0.15) is 0 Å². The van der Waals surface area contributed by atoms with Crippen molar-refractivity contribution in [3.05, 3.63) is 35.4 Å². The molecule has 0 unspecified atom stereocenters. The second-order valence-corrected chi connectivity index (χ2v) is 4.59. The predicted octanol–water partition coefficient (Wildman–Crippen LogP) is 2.17. The van der Waals surface area contributed by atoms with Crippen LogP contribution in [0.2, 0.25) is 0 Å². The van der Waals surface area contributed by atoms with E-state index in [0.717, 1.165) is 6.54 Å². The van der Waals surface area contributed by atoms with Gasteiger partial charge in [-0.3, -0.25) is 0 Å². The maximum absolute atomic E-state index is 3.57. The van der Waals surface area contributed by atoms with Crippen LogP contribution in [0, 0.1) is 0 Å². The molecule has 1 aliphatic rings. The van der Waals surface area contributed by atoms with Gasteiger partial charge < -0.3 is 10.2 Å². The summed E-state index contributed by atoms with van der Waals surface area (Å²) >= 11 is 0. The van der Waals surface area contributed by atoms with E-state index in [0.29, 0.717) is 6.04 Å². The summed E-state index contributed by atoms with van der Waals surface area (Å²) in [7, 11) is 4.25. The van der Waals surface area contributed by atoms with Crippen LogP contribution in [0.3, 0.4) is 0 Å². The molecule has 15 heavy (non-hydrogen) atoms. The Balaban J connectivity index is 2.20. The second-order valence-electron chi connectivity index (χ2n) is 4.59. The van der Waals surface area contributed by atoms with E-state index < -0.39 is 0 Å². The maximum atomic E-state index is 3.57. The van der Waals surface area contributed by atoms with Gasteiger partial charge in [-0.05, 0) is 44.6 Å². The van der Waals surface area contributed by atoms with Crippen LogP contribution in [0.5, 0.6) is 0 Å². The minimum Gasteiger partial charge on any atom is -0.310 e. The van der Waals surface area contributed by atoms with Crippen LogP contribution in [-0.4, -0.2) is 25.5 Å². The molecule has 82 valence electrons. The topological polar surface area (TPSA) is 15.3 Å². The third kappa shape index (κ3) is 2.58. The zero-order chi connectivity index (χ0) is 10.7. The van der Waals surface area contributed by atoms with Crippen molar-refractivity contribution in [2.75, 3.05) is 20.6 Å². The van der Waals surface area contributed by atoms with E-state index in [9.17, 15) is 0 Å². The molecule has 0 radical (unpaired) electrons. The van der Waals surface area contributed by atoms with E-state index >= 15 is 0 Å². The molecule has 0 aromatic heterocycles. The molecule has 1 fully saturated rings. The van der Waals surface area contributed by atoms with E-state index in [4.69, 9.17) is 0 Å². The van der Waals surface area contributed by atoms with Crippen LogP contribution in [0.15, 0.2) is 24.3 Å². The number of nitrogens with one attached hydrogen (secondary N) is 1. The first-order valence-electron chi connectivity index (χ1n) is 5.73. The summed E-state index contributed by atoms with van der Waals surface area (Å²) in [6.45, 7) is 2.20. The Kier molecular flexibility index (Phi) is 3.39. The zero-order valence-corrected chi connectivity index (χ0v) is 9.66. The van der Waals surface area contributed by atoms with E-state index in [1.807, 2.05) is 0 Å². The first-order chi connectivity index (χ1) is 7.27. The van der Waals surface area contributed by atoms with Crippen LogP contribution < -0.4 is 5.32 Å². The number of rotatable bonds is 3. The smallest absolute Gasteiger partial charge is 0.0323 e. The highest BCUT2D eigenvalue weighted by Gasteiger charge is 2.18. The van der Waals surface area contributed by atoms with Crippen LogP contribution in [-0.2, 0) is 6.54 Å². The van der Waals surface area contributed by atoms with Crippen LogP contribution in [0.1, 0.15) is 30.0 Å². The summed E-state index contributed by atoms with van der Waals surface area (Å²) in [5.74, 6) is 0. The van der Waals surface area contributed by atoms with Crippen molar-refractivity contribution >= 4 is 0 Å². The summed E-state index contributed by atoms with van der Waals surface area (Å²) in [6, 6.07) is 9.38. The molecule has 1 N–H and O–H groups in total. The highest BCUT2D eigenvalue weighted by atomic mass is 15.0. The summed E-state index contributed by atoms with van der Waals surface area (Å²) in [5, 5.41) is 3.57. The molecule has 1 aliphatic heterocycles. The van der Waals surface area contributed by atoms with Gasteiger partial charge in [0.05, 0.1) is 0 Å². The predicted molar refractivity (Wildman–Crippen MR) is 63.8 cm³/mol. The molecule has 0 spiro atoms. The fraction of sp³-hybridized carbons (Fsp3) is 0.538. The summed E-state index contributed by atoms with van der Waals surface area (Å²) < 4.78 is 0. The van der Waals surface area contributed by atoms with Crippen molar-refractivity contribution in [1.29, 1.82) is 0 Å². The molecule has 0 amide bonds. The highest BCUT2D eigenvalue weighted by molar-refractivity contribution is 5.30. The highest BCUT2D eigenvalue weighted by Crippen LogP contribution is 2.26. The van der Waals surface area contributed by atoms with E-state index in [-0.39, 0.29) is 0 Å². The lowest BCUT2D eigenvalue weighted by Gasteiger charge is -2.18. The average molecular weight is 204 g/mol. The Morgan fingerprint density at radius 1 is 1.33 bits per heavy atom. The Bertz CT molecular complexity index is 314. The molecule has 2 heteroatoms. The van der Waals surface area contributed by atoms with Gasteiger partial charge in [0, 0.05) is 12.6 Å². The van der Waals surface area contributed by atoms with Gasteiger partial charge in [-0.1, -0.05) is 24.3 Å².